The van der Waals surface area contributed by atoms with Crippen LogP contribution in [0.15, 0.2) is 42.5 Å². The highest BCUT2D eigenvalue weighted by atomic mass is 16.5. The SMILES string of the molecule is C=C(CCCC)C(=O)OCc1ccccc1. The molecular formula is C14H18O2. The van der Waals surface area contributed by atoms with Crippen LogP contribution in [0.2, 0.25) is 0 Å². The van der Waals surface area contributed by atoms with Crippen molar-refractivity contribution in [3.63, 3.8) is 0 Å². The number of hydrogen-bond acceptors (Lipinski definition) is 2. The quantitative estimate of drug-likeness (QED) is 0.539. The molecule has 0 aliphatic carbocycles. The van der Waals surface area contributed by atoms with E-state index < -0.39 is 0 Å². The third-order valence-electron chi connectivity index (χ3n) is 2.33. The molecule has 2 heteroatoms. The van der Waals surface area contributed by atoms with Crippen LogP contribution in [0, 0.1) is 0 Å². The van der Waals surface area contributed by atoms with Crippen LogP contribution in [0.3, 0.4) is 0 Å². The molecule has 0 fully saturated rings. The Morgan fingerprint density at radius 3 is 2.62 bits per heavy atom. The molecule has 16 heavy (non-hydrogen) atoms. The first-order valence-electron chi connectivity index (χ1n) is 5.63. The molecule has 0 spiro atoms. The summed E-state index contributed by atoms with van der Waals surface area (Å²) >= 11 is 0. The lowest BCUT2D eigenvalue weighted by Gasteiger charge is -2.06. The smallest absolute Gasteiger partial charge is 0.333 e. The van der Waals surface area contributed by atoms with Gasteiger partial charge in [0, 0.05) is 5.57 Å². The van der Waals surface area contributed by atoms with Gasteiger partial charge in [0.25, 0.3) is 0 Å². The first-order valence-corrected chi connectivity index (χ1v) is 5.63. The zero-order valence-electron chi connectivity index (χ0n) is 9.74. The van der Waals surface area contributed by atoms with Gasteiger partial charge in [0.1, 0.15) is 6.61 Å². The fourth-order valence-corrected chi connectivity index (χ4v) is 1.32. The van der Waals surface area contributed by atoms with Crippen LogP contribution in [-0.2, 0) is 16.1 Å². The van der Waals surface area contributed by atoms with Crippen molar-refractivity contribution in [3.05, 3.63) is 48.0 Å². The van der Waals surface area contributed by atoms with Gasteiger partial charge < -0.3 is 4.74 Å². The minimum atomic E-state index is -0.280. The average Bonchev–Trinajstić information content (AvgIpc) is 2.34. The van der Waals surface area contributed by atoms with Gasteiger partial charge in [-0.05, 0) is 18.4 Å². The molecule has 1 aromatic carbocycles. The first-order chi connectivity index (χ1) is 7.74. The van der Waals surface area contributed by atoms with Gasteiger partial charge in [-0.2, -0.15) is 0 Å². The summed E-state index contributed by atoms with van der Waals surface area (Å²) in [6.45, 7) is 6.14. The maximum atomic E-state index is 11.5. The highest BCUT2D eigenvalue weighted by Crippen LogP contribution is 2.08. The Hall–Kier alpha value is -1.57. The third-order valence-corrected chi connectivity index (χ3v) is 2.33. The molecule has 0 saturated heterocycles. The van der Waals surface area contributed by atoms with Crippen molar-refractivity contribution in [1.82, 2.24) is 0 Å². The van der Waals surface area contributed by atoms with Crippen LogP contribution in [0.25, 0.3) is 0 Å². The zero-order chi connectivity index (χ0) is 11.8. The summed E-state index contributed by atoms with van der Waals surface area (Å²) in [5.41, 5.74) is 1.57. The van der Waals surface area contributed by atoms with Crippen molar-refractivity contribution in [3.8, 4) is 0 Å². The van der Waals surface area contributed by atoms with E-state index in [4.69, 9.17) is 4.74 Å². The van der Waals surface area contributed by atoms with Crippen molar-refractivity contribution in [2.75, 3.05) is 0 Å². The molecule has 0 aromatic heterocycles. The van der Waals surface area contributed by atoms with Gasteiger partial charge in [-0.15, -0.1) is 0 Å². The summed E-state index contributed by atoms with van der Waals surface area (Å²) in [6, 6.07) is 9.65. The van der Waals surface area contributed by atoms with E-state index in [1.165, 1.54) is 0 Å². The zero-order valence-corrected chi connectivity index (χ0v) is 9.74. The fourth-order valence-electron chi connectivity index (χ4n) is 1.32. The largest absolute Gasteiger partial charge is 0.457 e. The molecule has 2 nitrogen and oxygen atoms in total. The number of benzene rings is 1. The molecule has 0 N–H and O–H groups in total. The molecule has 1 aromatic rings. The standard InChI is InChI=1S/C14H18O2/c1-3-4-8-12(2)14(15)16-11-13-9-6-5-7-10-13/h5-7,9-10H,2-4,8,11H2,1H3. The van der Waals surface area contributed by atoms with Crippen molar-refractivity contribution < 1.29 is 9.53 Å². The summed E-state index contributed by atoms with van der Waals surface area (Å²) in [5.74, 6) is -0.280. The second-order valence-corrected chi connectivity index (χ2v) is 3.77. The fraction of sp³-hybridized carbons (Fsp3) is 0.357. The number of rotatable bonds is 6. The van der Waals surface area contributed by atoms with Gasteiger partial charge in [-0.3, -0.25) is 0 Å². The van der Waals surface area contributed by atoms with Gasteiger partial charge in [-0.25, -0.2) is 4.79 Å². The summed E-state index contributed by atoms with van der Waals surface area (Å²) in [4.78, 5) is 11.5. The van der Waals surface area contributed by atoms with Crippen molar-refractivity contribution in [2.24, 2.45) is 0 Å². The monoisotopic (exact) mass is 218 g/mol. The summed E-state index contributed by atoms with van der Waals surface area (Å²) in [5, 5.41) is 0. The first kappa shape index (κ1) is 12.5. The lowest BCUT2D eigenvalue weighted by Crippen LogP contribution is -2.07. The molecule has 0 aliphatic heterocycles. The summed E-state index contributed by atoms with van der Waals surface area (Å²) in [6.07, 6.45) is 2.77. The molecule has 0 aliphatic rings. The maximum Gasteiger partial charge on any atom is 0.333 e. The Labute approximate surface area is 96.9 Å². The molecule has 86 valence electrons. The normalized spacial score (nSPS) is 9.81. The maximum absolute atomic E-state index is 11.5. The molecule has 0 amide bonds. The lowest BCUT2D eigenvalue weighted by atomic mass is 10.1. The van der Waals surface area contributed by atoms with Crippen LogP contribution in [0.1, 0.15) is 31.7 Å². The second-order valence-electron chi connectivity index (χ2n) is 3.77. The number of ether oxygens (including phenoxy) is 1. The van der Waals surface area contributed by atoms with Crippen LogP contribution in [0.5, 0.6) is 0 Å². The average molecular weight is 218 g/mol. The predicted octanol–water partition coefficient (Wildman–Crippen LogP) is 3.48. The van der Waals surface area contributed by atoms with Crippen LogP contribution >= 0.6 is 0 Å². The molecule has 0 bridgehead atoms. The van der Waals surface area contributed by atoms with Gasteiger partial charge >= 0.3 is 5.97 Å². The number of carbonyl (C=O) groups excluding carboxylic acids is 1. The van der Waals surface area contributed by atoms with E-state index in [9.17, 15) is 4.79 Å². The number of carbonyl (C=O) groups is 1. The molecule has 1 rings (SSSR count). The summed E-state index contributed by atoms with van der Waals surface area (Å²) in [7, 11) is 0. The topological polar surface area (TPSA) is 26.3 Å². The molecule has 0 radical (unpaired) electrons. The molecule has 0 unspecified atom stereocenters. The van der Waals surface area contributed by atoms with Crippen molar-refractivity contribution in [2.45, 2.75) is 32.8 Å². The minimum Gasteiger partial charge on any atom is -0.457 e. The Bertz CT molecular complexity index is 341. The summed E-state index contributed by atoms with van der Waals surface area (Å²) < 4.78 is 5.15. The van der Waals surface area contributed by atoms with Crippen LogP contribution in [-0.4, -0.2) is 5.97 Å². The predicted molar refractivity (Wildman–Crippen MR) is 64.9 cm³/mol. The number of unbranched alkanes of at least 4 members (excludes halogenated alkanes) is 1. The Morgan fingerprint density at radius 2 is 2.00 bits per heavy atom. The van der Waals surface area contributed by atoms with E-state index in [0.29, 0.717) is 12.2 Å². The van der Waals surface area contributed by atoms with Gasteiger partial charge in [0.15, 0.2) is 0 Å². The van der Waals surface area contributed by atoms with Crippen LogP contribution in [0.4, 0.5) is 0 Å². The second kappa shape index (κ2) is 6.83. The van der Waals surface area contributed by atoms with E-state index in [2.05, 4.69) is 13.5 Å². The number of hydrogen-bond donors (Lipinski definition) is 0. The highest BCUT2D eigenvalue weighted by Gasteiger charge is 2.07. The highest BCUT2D eigenvalue weighted by molar-refractivity contribution is 5.87. The van der Waals surface area contributed by atoms with Gasteiger partial charge in [0.2, 0.25) is 0 Å². The van der Waals surface area contributed by atoms with E-state index in [0.717, 1.165) is 24.8 Å². The van der Waals surface area contributed by atoms with Gasteiger partial charge in [0.05, 0.1) is 0 Å². The van der Waals surface area contributed by atoms with E-state index in [1.807, 2.05) is 30.3 Å². The Kier molecular flexibility index (Phi) is 5.34. The molecule has 0 saturated carbocycles. The lowest BCUT2D eigenvalue weighted by molar-refractivity contribution is -0.140. The van der Waals surface area contributed by atoms with Crippen LogP contribution < -0.4 is 0 Å². The Morgan fingerprint density at radius 1 is 1.31 bits per heavy atom. The van der Waals surface area contributed by atoms with E-state index >= 15 is 0 Å². The minimum absolute atomic E-state index is 0.280. The van der Waals surface area contributed by atoms with Crippen molar-refractivity contribution in [1.29, 1.82) is 0 Å². The third kappa shape index (κ3) is 4.30. The molecular weight excluding hydrogens is 200 g/mol. The number of esters is 1. The van der Waals surface area contributed by atoms with Gasteiger partial charge in [-0.1, -0.05) is 50.3 Å². The Balaban J connectivity index is 2.32. The van der Waals surface area contributed by atoms with E-state index in [-0.39, 0.29) is 5.97 Å². The van der Waals surface area contributed by atoms with E-state index in [1.54, 1.807) is 0 Å². The molecule has 0 atom stereocenters. The van der Waals surface area contributed by atoms with Crippen molar-refractivity contribution >= 4 is 5.97 Å². The molecule has 0 heterocycles.